The Morgan fingerprint density at radius 1 is 1.17 bits per heavy atom. The molecule has 0 bridgehead atoms. The molecule has 0 saturated heterocycles. The average Bonchev–Trinajstić information content (AvgIpc) is 3.18. The number of halogens is 2. The number of nitrogens with zero attached hydrogens (tertiary/aromatic N) is 4. The van der Waals surface area contributed by atoms with Gasteiger partial charge >= 0.3 is 0 Å². The molecule has 0 N–H and O–H groups in total. The summed E-state index contributed by atoms with van der Waals surface area (Å²) in [6.07, 6.45) is 3.19. The zero-order valence-corrected chi connectivity index (χ0v) is 17.3. The number of hydrogen-bond acceptors (Lipinski definition) is 3. The second kappa shape index (κ2) is 8.13. The van der Waals surface area contributed by atoms with Crippen LogP contribution in [0.25, 0.3) is 16.9 Å². The average molecular weight is 453 g/mol. The van der Waals surface area contributed by atoms with Gasteiger partial charge in [0, 0.05) is 34.9 Å². The fraction of sp³-hybridized carbons (Fsp3) is 0.136. The number of fused-ring (bicyclic) bond motifs is 1. The molecule has 0 aliphatic carbocycles. The van der Waals surface area contributed by atoms with E-state index >= 15 is 0 Å². The number of rotatable bonds is 5. The van der Waals surface area contributed by atoms with Crippen molar-refractivity contribution in [2.24, 2.45) is 0 Å². The smallest absolute Gasteiger partial charge is 0.259 e. The maximum absolute atomic E-state index is 14.2. The van der Waals surface area contributed by atoms with E-state index in [9.17, 15) is 9.18 Å². The molecular weight excluding hydrogens is 435 g/mol. The van der Waals surface area contributed by atoms with Crippen LogP contribution in [0, 0.1) is 5.82 Å². The van der Waals surface area contributed by atoms with E-state index in [1.807, 2.05) is 43.3 Å². The van der Waals surface area contributed by atoms with Crippen LogP contribution in [-0.4, -0.2) is 31.9 Å². The Bertz CT molecular complexity index is 1180. The van der Waals surface area contributed by atoms with Crippen molar-refractivity contribution < 1.29 is 9.18 Å². The van der Waals surface area contributed by atoms with Gasteiger partial charge in [-0.2, -0.15) is 5.10 Å². The summed E-state index contributed by atoms with van der Waals surface area (Å²) in [7, 11) is 0. The Morgan fingerprint density at radius 3 is 2.72 bits per heavy atom. The fourth-order valence-corrected chi connectivity index (χ4v) is 3.65. The predicted molar refractivity (Wildman–Crippen MR) is 113 cm³/mol. The Kier molecular flexibility index (Phi) is 5.40. The first-order valence-electron chi connectivity index (χ1n) is 9.20. The van der Waals surface area contributed by atoms with E-state index < -0.39 is 0 Å². The van der Waals surface area contributed by atoms with Crippen LogP contribution < -0.4 is 0 Å². The molecule has 0 saturated carbocycles. The lowest BCUT2D eigenvalue weighted by molar-refractivity contribution is 0.0753. The van der Waals surface area contributed by atoms with Crippen LogP contribution >= 0.6 is 15.9 Å². The van der Waals surface area contributed by atoms with Crippen LogP contribution in [0.5, 0.6) is 0 Å². The molecule has 29 heavy (non-hydrogen) atoms. The number of hydrogen-bond donors (Lipinski definition) is 0. The highest BCUT2D eigenvalue weighted by atomic mass is 79.9. The van der Waals surface area contributed by atoms with Crippen molar-refractivity contribution in [2.45, 2.75) is 13.5 Å². The molecule has 0 aliphatic rings. The SMILES string of the molecule is CCN(Cc1cc(Br)ccc1F)C(=O)c1cnn2c(-c3ccccc3)ccnc12. The van der Waals surface area contributed by atoms with Crippen LogP contribution in [0.15, 0.2) is 71.5 Å². The van der Waals surface area contributed by atoms with E-state index in [-0.39, 0.29) is 18.3 Å². The maximum Gasteiger partial charge on any atom is 0.259 e. The third-order valence-electron chi connectivity index (χ3n) is 4.74. The third-order valence-corrected chi connectivity index (χ3v) is 5.23. The quantitative estimate of drug-likeness (QED) is 0.429. The Morgan fingerprint density at radius 2 is 1.97 bits per heavy atom. The molecule has 2 aromatic heterocycles. The summed E-state index contributed by atoms with van der Waals surface area (Å²) in [4.78, 5) is 19.2. The summed E-state index contributed by atoms with van der Waals surface area (Å²) < 4.78 is 16.6. The zero-order chi connectivity index (χ0) is 20.4. The van der Waals surface area contributed by atoms with Crippen molar-refractivity contribution in [2.75, 3.05) is 6.54 Å². The molecule has 0 spiro atoms. The summed E-state index contributed by atoms with van der Waals surface area (Å²) in [6, 6.07) is 16.4. The monoisotopic (exact) mass is 452 g/mol. The molecule has 0 atom stereocenters. The van der Waals surface area contributed by atoms with E-state index in [4.69, 9.17) is 0 Å². The molecule has 0 unspecified atom stereocenters. The van der Waals surface area contributed by atoms with Crippen molar-refractivity contribution in [1.82, 2.24) is 19.5 Å². The molecule has 4 aromatic rings. The molecule has 7 heteroatoms. The lowest BCUT2D eigenvalue weighted by atomic mass is 10.1. The number of amides is 1. The van der Waals surface area contributed by atoms with Gasteiger partial charge in [0.25, 0.3) is 5.91 Å². The Balaban J connectivity index is 1.70. The van der Waals surface area contributed by atoms with Crippen LogP contribution in [0.1, 0.15) is 22.8 Å². The second-order valence-electron chi connectivity index (χ2n) is 6.54. The maximum atomic E-state index is 14.2. The molecule has 0 radical (unpaired) electrons. The minimum atomic E-state index is -0.344. The summed E-state index contributed by atoms with van der Waals surface area (Å²) in [6.45, 7) is 2.46. The summed E-state index contributed by atoms with van der Waals surface area (Å²) >= 11 is 3.35. The molecule has 1 amide bonds. The van der Waals surface area contributed by atoms with Gasteiger partial charge in [-0.1, -0.05) is 46.3 Å². The van der Waals surface area contributed by atoms with Gasteiger partial charge in [-0.15, -0.1) is 0 Å². The van der Waals surface area contributed by atoms with Gasteiger partial charge < -0.3 is 4.90 Å². The minimum Gasteiger partial charge on any atom is -0.334 e. The molecule has 2 aromatic carbocycles. The molecule has 146 valence electrons. The van der Waals surface area contributed by atoms with Crippen molar-refractivity contribution in [3.05, 3.63) is 88.4 Å². The van der Waals surface area contributed by atoms with Gasteiger partial charge in [0.15, 0.2) is 5.65 Å². The number of aromatic nitrogens is 3. The van der Waals surface area contributed by atoms with Gasteiger partial charge in [0.1, 0.15) is 11.4 Å². The van der Waals surface area contributed by atoms with Gasteiger partial charge in [0.05, 0.1) is 11.9 Å². The van der Waals surface area contributed by atoms with E-state index in [1.54, 1.807) is 27.7 Å². The number of carbonyl (C=O) groups is 1. The second-order valence-corrected chi connectivity index (χ2v) is 7.46. The van der Waals surface area contributed by atoms with E-state index in [1.165, 1.54) is 12.3 Å². The minimum absolute atomic E-state index is 0.163. The van der Waals surface area contributed by atoms with Crippen molar-refractivity contribution >= 4 is 27.5 Å². The normalized spacial score (nSPS) is 11.0. The van der Waals surface area contributed by atoms with Crippen molar-refractivity contribution in [3.63, 3.8) is 0 Å². The highest BCUT2D eigenvalue weighted by Gasteiger charge is 2.22. The molecular formula is C22H18BrFN4O. The number of benzene rings is 2. The van der Waals surface area contributed by atoms with Crippen LogP contribution in [0.3, 0.4) is 0 Å². The molecule has 2 heterocycles. The van der Waals surface area contributed by atoms with E-state index in [2.05, 4.69) is 26.0 Å². The highest BCUT2D eigenvalue weighted by molar-refractivity contribution is 9.10. The first-order chi connectivity index (χ1) is 14.1. The lowest BCUT2D eigenvalue weighted by Crippen LogP contribution is -2.30. The standard InChI is InChI=1S/C22H18BrFN4O/c1-2-27(14-16-12-17(23)8-9-19(16)24)22(29)18-13-26-28-20(10-11-25-21(18)28)15-6-4-3-5-7-15/h3-13H,2,14H2,1H3. The molecule has 4 rings (SSSR count). The molecule has 5 nitrogen and oxygen atoms in total. The van der Waals surface area contributed by atoms with Gasteiger partial charge in [-0.25, -0.2) is 13.9 Å². The van der Waals surface area contributed by atoms with Crippen LogP contribution in [0.4, 0.5) is 4.39 Å². The van der Waals surface area contributed by atoms with Crippen LogP contribution in [0.2, 0.25) is 0 Å². The van der Waals surface area contributed by atoms with E-state index in [0.29, 0.717) is 23.3 Å². The van der Waals surface area contributed by atoms with Crippen molar-refractivity contribution in [1.29, 1.82) is 0 Å². The zero-order valence-electron chi connectivity index (χ0n) is 15.7. The van der Waals surface area contributed by atoms with Crippen molar-refractivity contribution in [3.8, 4) is 11.3 Å². The first kappa shape index (κ1) is 19.3. The number of carbonyl (C=O) groups excluding carboxylic acids is 1. The third kappa shape index (κ3) is 3.78. The first-order valence-corrected chi connectivity index (χ1v) is 9.99. The molecule has 0 fully saturated rings. The Hall–Kier alpha value is -3.06. The van der Waals surface area contributed by atoms with Crippen LogP contribution in [-0.2, 0) is 6.54 Å². The highest BCUT2D eigenvalue weighted by Crippen LogP contribution is 2.23. The predicted octanol–water partition coefficient (Wildman–Crippen LogP) is 4.96. The topological polar surface area (TPSA) is 50.5 Å². The van der Waals surface area contributed by atoms with E-state index in [0.717, 1.165) is 15.7 Å². The van der Waals surface area contributed by atoms with Gasteiger partial charge in [-0.05, 0) is 31.2 Å². The van der Waals surface area contributed by atoms with Gasteiger partial charge in [0.2, 0.25) is 0 Å². The summed E-state index contributed by atoms with van der Waals surface area (Å²) in [5.41, 5.74) is 3.13. The fourth-order valence-electron chi connectivity index (χ4n) is 3.24. The van der Waals surface area contributed by atoms with Gasteiger partial charge in [-0.3, -0.25) is 4.79 Å². The largest absolute Gasteiger partial charge is 0.334 e. The summed E-state index contributed by atoms with van der Waals surface area (Å²) in [5, 5.41) is 4.40. The Labute approximate surface area is 175 Å². The summed E-state index contributed by atoms with van der Waals surface area (Å²) in [5.74, 6) is -0.580. The molecule has 0 aliphatic heterocycles. The lowest BCUT2D eigenvalue weighted by Gasteiger charge is -2.21.